The molecular formula is C13H12N2O. The maximum atomic E-state index is 10.7. The standard InChI is InChI=1S/C13H12N2O/c16-8-9-5-11-6-10-3-1-2-4-12(10)15-13(11)14-7-9/h5-8H,1-4H2. The first-order valence-corrected chi connectivity index (χ1v) is 5.60. The first kappa shape index (κ1) is 9.46. The number of hydrogen-bond acceptors (Lipinski definition) is 3. The summed E-state index contributed by atoms with van der Waals surface area (Å²) in [6.45, 7) is 0. The number of fused-ring (bicyclic) bond motifs is 2. The Morgan fingerprint density at radius 3 is 2.94 bits per heavy atom. The fourth-order valence-corrected chi connectivity index (χ4v) is 2.27. The summed E-state index contributed by atoms with van der Waals surface area (Å²) in [7, 11) is 0. The predicted octanol–water partition coefficient (Wildman–Crippen LogP) is 2.32. The molecule has 1 aliphatic carbocycles. The highest BCUT2D eigenvalue weighted by molar-refractivity contribution is 5.84. The molecule has 0 saturated heterocycles. The second-order valence-electron chi connectivity index (χ2n) is 4.23. The second-order valence-corrected chi connectivity index (χ2v) is 4.23. The van der Waals surface area contributed by atoms with Crippen molar-refractivity contribution in [1.82, 2.24) is 9.97 Å². The van der Waals surface area contributed by atoms with Crippen LogP contribution in [-0.4, -0.2) is 16.3 Å². The first-order chi connectivity index (χ1) is 7.86. The zero-order valence-electron chi connectivity index (χ0n) is 8.94. The van der Waals surface area contributed by atoms with Crippen LogP contribution in [0.1, 0.15) is 34.5 Å². The maximum Gasteiger partial charge on any atom is 0.159 e. The number of aryl methyl sites for hydroxylation is 2. The number of nitrogens with zero attached hydrogens (tertiary/aromatic N) is 2. The Balaban J connectivity index is 2.23. The third-order valence-electron chi connectivity index (χ3n) is 3.10. The van der Waals surface area contributed by atoms with Crippen molar-refractivity contribution in [2.24, 2.45) is 0 Å². The average Bonchev–Trinajstić information content (AvgIpc) is 2.35. The van der Waals surface area contributed by atoms with E-state index in [1.54, 1.807) is 6.20 Å². The van der Waals surface area contributed by atoms with E-state index in [0.717, 1.165) is 30.2 Å². The molecule has 2 aromatic rings. The van der Waals surface area contributed by atoms with Crippen molar-refractivity contribution in [3.8, 4) is 0 Å². The molecule has 0 N–H and O–H groups in total. The van der Waals surface area contributed by atoms with Crippen molar-refractivity contribution >= 4 is 17.3 Å². The molecule has 0 amide bonds. The number of pyridine rings is 2. The van der Waals surface area contributed by atoms with Gasteiger partial charge in [0.05, 0.1) is 0 Å². The number of hydrogen-bond donors (Lipinski definition) is 0. The number of carbonyl (C=O) groups excluding carboxylic acids is 1. The molecule has 0 spiro atoms. The molecule has 2 aromatic heterocycles. The molecule has 0 saturated carbocycles. The monoisotopic (exact) mass is 212 g/mol. The topological polar surface area (TPSA) is 42.9 Å². The molecule has 0 fully saturated rings. The van der Waals surface area contributed by atoms with Crippen molar-refractivity contribution in [2.45, 2.75) is 25.7 Å². The molecule has 0 aliphatic heterocycles. The summed E-state index contributed by atoms with van der Waals surface area (Å²) in [6, 6.07) is 3.99. The fourth-order valence-electron chi connectivity index (χ4n) is 2.27. The lowest BCUT2D eigenvalue weighted by Crippen LogP contribution is -2.05. The second kappa shape index (κ2) is 3.67. The normalized spacial score (nSPS) is 14.8. The summed E-state index contributed by atoms with van der Waals surface area (Å²) in [5.74, 6) is 0. The highest BCUT2D eigenvalue weighted by Gasteiger charge is 2.12. The van der Waals surface area contributed by atoms with Crippen LogP contribution < -0.4 is 0 Å². The van der Waals surface area contributed by atoms with E-state index in [4.69, 9.17) is 0 Å². The number of rotatable bonds is 1. The zero-order chi connectivity index (χ0) is 11.0. The number of carbonyl (C=O) groups is 1. The summed E-state index contributed by atoms with van der Waals surface area (Å²) in [5, 5.41) is 0.977. The van der Waals surface area contributed by atoms with E-state index in [-0.39, 0.29) is 0 Å². The molecule has 3 heteroatoms. The van der Waals surface area contributed by atoms with E-state index in [2.05, 4.69) is 16.0 Å². The fraction of sp³-hybridized carbons (Fsp3) is 0.308. The molecule has 80 valence electrons. The third-order valence-corrected chi connectivity index (χ3v) is 3.10. The Labute approximate surface area is 93.5 Å². The first-order valence-electron chi connectivity index (χ1n) is 5.60. The van der Waals surface area contributed by atoms with Crippen LogP contribution in [0.4, 0.5) is 0 Å². The Kier molecular flexibility index (Phi) is 2.17. The molecule has 16 heavy (non-hydrogen) atoms. The van der Waals surface area contributed by atoms with E-state index in [0.29, 0.717) is 5.56 Å². The van der Waals surface area contributed by atoms with Gasteiger partial charge in [-0.2, -0.15) is 0 Å². The van der Waals surface area contributed by atoms with Crippen LogP contribution in [-0.2, 0) is 12.8 Å². The number of aldehydes is 1. The zero-order valence-corrected chi connectivity index (χ0v) is 8.94. The Hall–Kier alpha value is -1.77. The Morgan fingerprint density at radius 1 is 1.19 bits per heavy atom. The van der Waals surface area contributed by atoms with Gasteiger partial charge >= 0.3 is 0 Å². The van der Waals surface area contributed by atoms with Gasteiger partial charge in [0, 0.05) is 22.8 Å². The van der Waals surface area contributed by atoms with Crippen LogP contribution in [0, 0.1) is 0 Å². The molecule has 0 radical (unpaired) electrons. The van der Waals surface area contributed by atoms with Gasteiger partial charge in [-0.05, 0) is 43.4 Å². The minimum Gasteiger partial charge on any atom is -0.298 e. The largest absolute Gasteiger partial charge is 0.298 e. The van der Waals surface area contributed by atoms with Crippen molar-refractivity contribution < 1.29 is 4.79 Å². The predicted molar refractivity (Wildman–Crippen MR) is 61.6 cm³/mol. The van der Waals surface area contributed by atoms with Crippen molar-refractivity contribution in [2.75, 3.05) is 0 Å². The summed E-state index contributed by atoms with van der Waals surface area (Å²) in [6.07, 6.45) is 7.02. The van der Waals surface area contributed by atoms with E-state index in [1.165, 1.54) is 24.1 Å². The van der Waals surface area contributed by atoms with Gasteiger partial charge in [0.25, 0.3) is 0 Å². The number of aromatic nitrogens is 2. The van der Waals surface area contributed by atoms with E-state index in [1.807, 2.05) is 6.07 Å². The molecule has 0 bridgehead atoms. The SMILES string of the molecule is O=Cc1cnc2nc3c(cc2c1)CCCC3. The van der Waals surface area contributed by atoms with Crippen molar-refractivity contribution in [3.05, 3.63) is 35.2 Å². The smallest absolute Gasteiger partial charge is 0.159 e. The molecule has 3 nitrogen and oxygen atoms in total. The minimum absolute atomic E-state index is 0.616. The molecule has 0 aromatic carbocycles. The average molecular weight is 212 g/mol. The van der Waals surface area contributed by atoms with Crippen molar-refractivity contribution in [3.63, 3.8) is 0 Å². The van der Waals surface area contributed by atoms with Gasteiger partial charge in [0.1, 0.15) is 0 Å². The van der Waals surface area contributed by atoms with Gasteiger partial charge in [-0.15, -0.1) is 0 Å². The van der Waals surface area contributed by atoms with E-state index >= 15 is 0 Å². The molecule has 1 aliphatic rings. The highest BCUT2D eigenvalue weighted by atomic mass is 16.1. The van der Waals surface area contributed by atoms with Gasteiger partial charge in [0.2, 0.25) is 0 Å². The molecule has 0 unspecified atom stereocenters. The van der Waals surface area contributed by atoms with Crippen LogP contribution in [0.15, 0.2) is 18.3 Å². The highest BCUT2D eigenvalue weighted by Crippen LogP contribution is 2.23. The van der Waals surface area contributed by atoms with Crippen LogP contribution in [0.2, 0.25) is 0 Å². The quantitative estimate of drug-likeness (QED) is 0.681. The van der Waals surface area contributed by atoms with E-state index in [9.17, 15) is 4.79 Å². The van der Waals surface area contributed by atoms with Gasteiger partial charge < -0.3 is 0 Å². The third kappa shape index (κ3) is 1.48. The maximum absolute atomic E-state index is 10.7. The van der Waals surface area contributed by atoms with Gasteiger partial charge in [0.15, 0.2) is 11.9 Å². The van der Waals surface area contributed by atoms with Gasteiger partial charge in [-0.1, -0.05) is 0 Å². The van der Waals surface area contributed by atoms with E-state index < -0.39 is 0 Å². The molecule has 0 atom stereocenters. The van der Waals surface area contributed by atoms with Crippen LogP contribution in [0.25, 0.3) is 11.0 Å². The lowest BCUT2D eigenvalue weighted by molar-refractivity contribution is 0.112. The van der Waals surface area contributed by atoms with Gasteiger partial charge in [-0.25, -0.2) is 9.97 Å². The van der Waals surface area contributed by atoms with Crippen LogP contribution >= 0.6 is 0 Å². The summed E-state index contributed by atoms with van der Waals surface area (Å²) < 4.78 is 0. The molecule has 3 rings (SSSR count). The minimum atomic E-state index is 0.616. The van der Waals surface area contributed by atoms with Gasteiger partial charge in [-0.3, -0.25) is 4.79 Å². The Morgan fingerprint density at radius 2 is 2.06 bits per heavy atom. The lowest BCUT2D eigenvalue weighted by Gasteiger charge is -2.14. The Bertz CT molecular complexity index is 563. The lowest BCUT2D eigenvalue weighted by atomic mass is 9.95. The van der Waals surface area contributed by atoms with Crippen LogP contribution in [0.3, 0.4) is 0 Å². The van der Waals surface area contributed by atoms with Crippen molar-refractivity contribution in [1.29, 1.82) is 0 Å². The van der Waals surface area contributed by atoms with Crippen LogP contribution in [0.5, 0.6) is 0 Å². The molecular weight excluding hydrogens is 200 g/mol. The summed E-state index contributed by atoms with van der Waals surface area (Å²) in [4.78, 5) is 19.5. The summed E-state index contributed by atoms with van der Waals surface area (Å²) >= 11 is 0. The molecule has 2 heterocycles. The summed E-state index contributed by atoms with van der Waals surface area (Å²) in [5.41, 5.74) is 3.88.